The molecule has 4 N–H and O–H groups in total. The molecule has 1 aliphatic heterocycles. The summed E-state index contributed by atoms with van der Waals surface area (Å²) in [6.45, 7) is -0.643. The lowest BCUT2D eigenvalue weighted by Crippen LogP contribution is -2.38. The molecule has 11 heteroatoms. The predicted molar refractivity (Wildman–Crippen MR) is 98.8 cm³/mol. The van der Waals surface area contributed by atoms with Gasteiger partial charge in [-0.05, 0) is 0 Å². The van der Waals surface area contributed by atoms with Gasteiger partial charge < -0.3 is 20.1 Å². The molecule has 0 spiro atoms. The van der Waals surface area contributed by atoms with E-state index in [-0.39, 0.29) is 17.9 Å². The Bertz CT molecular complexity index is 1180. The third-order valence-corrected chi connectivity index (χ3v) is 4.50. The maximum atomic E-state index is 12.2. The van der Waals surface area contributed by atoms with Crippen LogP contribution in [0.2, 0.25) is 0 Å². The van der Waals surface area contributed by atoms with Crippen LogP contribution in [0.1, 0.15) is 11.8 Å². The SMILES string of the molecule is O=c1[nH]c(=O)n([C@@H]2OC(CO)=C(O)C2O)cc1Cn1cc(-c2ccccc2)nn1. The molecular formula is C18H17N5O6. The van der Waals surface area contributed by atoms with Crippen LogP contribution in [0.4, 0.5) is 0 Å². The van der Waals surface area contributed by atoms with E-state index in [2.05, 4.69) is 15.3 Å². The molecule has 1 aromatic carbocycles. The first kappa shape index (κ1) is 18.7. The quantitative estimate of drug-likeness (QED) is 0.447. The lowest BCUT2D eigenvalue weighted by molar-refractivity contribution is -0.0173. The maximum absolute atomic E-state index is 12.2. The number of H-pyrrole nitrogens is 1. The van der Waals surface area contributed by atoms with E-state index in [1.165, 1.54) is 10.9 Å². The summed E-state index contributed by atoms with van der Waals surface area (Å²) in [4.78, 5) is 26.6. The summed E-state index contributed by atoms with van der Waals surface area (Å²) in [5, 5.41) is 37.1. The van der Waals surface area contributed by atoms with E-state index in [1.807, 2.05) is 30.3 Å². The van der Waals surface area contributed by atoms with Crippen LogP contribution in [-0.2, 0) is 11.3 Å². The first-order valence-corrected chi connectivity index (χ1v) is 8.65. The number of ether oxygens (including phenoxy) is 1. The number of hydrogen-bond acceptors (Lipinski definition) is 8. The zero-order chi connectivity index (χ0) is 20.5. The average Bonchev–Trinajstić information content (AvgIpc) is 3.30. The summed E-state index contributed by atoms with van der Waals surface area (Å²) >= 11 is 0. The summed E-state index contributed by atoms with van der Waals surface area (Å²) in [6, 6.07) is 9.36. The van der Waals surface area contributed by atoms with Gasteiger partial charge in [0.05, 0.1) is 18.3 Å². The normalized spacial score (nSPS) is 18.8. The largest absolute Gasteiger partial charge is 0.506 e. The average molecular weight is 399 g/mol. The molecule has 29 heavy (non-hydrogen) atoms. The van der Waals surface area contributed by atoms with E-state index < -0.39 is 35.9 Å². The molecule has 3 aromatic rings. The summed E-state index contributed by atoms with van der Waals surface area (Å²) in [6.07, 6.45) is -0.0185. The number of rotatable bonds is 5. The second-order valence-electron chi connectivity index (χ2n) is 6.41. The molecule has 0 saturated heterocycles. The molecule has 0 saturated carbocycles. The topological polar surface area (TPSA) is 155 Å². The highest BCUT2D eigenvalue weighted by Crippen LogP contribution is 2.30. The molecule has 1 unspecified atom stereocenters. The molecule has 4 rings (SSSR count). The lowest BCUT2D eigenvalue weighted by atomic mass is 10.2. The van der Waals surface area contributed by atoms with Crippen LogP contribution >= 0.6 is 0 Å². The molecule has 0 fully saturated rings. The summed E-state index contributed by atoms with van der Waals surface area (Å²) < 4.78 is 7.62. The number of benzene rings is 1. The Morgan fingerprint density at radius 1 is 1.17 bits per heavy atom. The van der Waals surface area contributed by atoms with Gasteiger partial charge in [0.25, 0.3) is 5.56 Å². The van der Waals surface area contributed by atoms with Gasteiger partial charge in [-0.25, -0.2) is 9.48 Å². The smallest absolute Gasteiger partial charge is 0.331 e. The Hall–Kier alpha value is -3.70. The Morgan fingerprint density at radius 3 is 2.62 bits per heavy atom. The Kier molecular flexibility index (Phi) is 4.74. The van der Waals surface area contributed by atoms with Crippen LogP contribution in [0.3, 0.4) is 0 Å². The highest BCUT2D eigenvalue weighted by molar-refractivity contribution is 5.57. The summed E-state index contributed by atoms with van der Waals surface area (Å²) in [7, 11) is 0. The van der Waals surface area contributed by atoms with Crippen molar-refractivity contribution in [3.8, 4) is 11.3 Å². The number of aliphatic hydroxyl groups is 3. The minimum Gasteiger partial charge on any atom is -0.506 e. The van der Waals surface area contributed by atoms with Crippen molar-refractivity contribution in [3.63, 3.8) is 0 Å². The second-order valence-corrected chi connectivity index (χ2v) is 6.41. The number of aromatic nitrogens is 5. The van der Waals surface area contributed by atoms with Crippen LogP contribution in [0, 0.1) is 0 Å². The fourth-order valence-electron chi connectivity index (χ4n) is 3.02. The number of aromatic amines is 1. The molecule has 2 aromatic heterocycles. The van der Waals surface area contributed by atoms with Crippen LogP contribution < -0.4 is 11.2 Å². The second kappa shape index (κ2) is 7.37. The molecular weight excluding hydrogens is 382 g/mol. The van der Waals surface area contributed by atoms with Crippen molar-refractivity contribution in [3.05, 3.63) is 80.6 Å². The molecule has 0 bridgehead atoms. The number of nitrogens with one attached hydrogen (secondary N) is 1. The van der Waals surface area contributed by atoms with Crippen molar-refractivity contribution >= 4 is 0 Å². The number of aliphatic hydroxyl groups excluding tert-OH is 3. The molecule has 150 valence electrons. The fraction of sp³-hybridized carbons (Fsp3) is 0.222. The van der Waals surface area contributed by atoms with Gasteiger partial charge >= 0.3 is 5.69 Å². The third kappa shape index (κ3) is 3.44. The van der Waals surface area contributed by atoms with Gasteiger partial charge in [0.15, 0.2) is 17.6 Å². The van der Waals surface area contributed by atoms with Gasteiger partial charge in [-0.1, -0.05) is 35.5 Å². The van der Waals surface area contributed by atoms with Crippen molar-refractivity contribution in [1.29, 1.82) is 0 Å². The van der Waals surface area contributed by atoms with E-state index in [9.17, 15) is 19.8 Å². The standard InChI is InChI=1S/C18H17N5O6/c24-9-13-14(25)15(26)17(29-13)23-7-11(16(27)19-18(23)28)6-22-8-12(20-21-22)10-4-2-1-3-5-10/h1-5,7-8,15,17,24-26H,6,9H2,(H,19,27,28)/t15?,17-/m1/s1. The molecule has 0 aliphatic carbocycles. The van der Waals surface area contributed by atoms with Crippen molar-refractivity contribution in [2.75, 3.05) is 6.61 Å². The first-order chi connectivity index (χ1) is 14.0. The molecule has 11 nitrogen and oxygen atoms in total. The number of hydrogen-bond donors (Lipinski definition) is 4. The molecule has 3 heterocycles. The fourth-order valence-corrected chi connectivity index (χ4v) is 3.02. The first-order valence-electron chi connectivity index (χ1n) is 8.65. The van der Waals surface area contributed by atoms with Gasteiger partial charge in [0.2, 0.25) is 6.23 Å². The van der Waals surface area contributed by atoms with Gasteiger partial charge in [-0.3, -0.25) is 14.3 Å². The minimum atomic E-state index is -1.57. The van der Waals surface area contributed by atoms with E-state index in [1.54, 1.807) is 6.20 Å². The molecule has 2 atom stereocenters. The minimum absolute atomic E-state index is 0.00449. The third-order valence-electron chi connectivity index (χ3n) is 4.50. The van der Waals surface area contributed by atoms with Gasteiger partial charge in [-0.15, -0.1) is 5.10 Å². The van der Waals surface area contributed by atoms with Crippen molar-refractivity contribution in [1.82, 2.24) is 24.5 Å². The molecule has 0 radical (unpaired) electrons. The van der Waals surface area contributed by atoms with Crippen LogP contribution in [0.25, 0.3) is 11.3 Å². The van der Waals surface area contributed by atoms with E-state index in [4.69, 9.17) is 9.84 Å². The maximum Gasteiger partial charge on any atom is 0.331 e. The Balaban J connectivity index is 1.63. The Labute approximate surface area is 162 Å². The monoisotopic (exact) mass is 399 g/mol. The highest BCUT2D eigenvalue weighted by Gasteiger charge is 2.37. The summed E-state index contributed by atoms with van der Waals surface area (Å²) in [5.41, 5.74) is 0.167. The van der Waals surface area contributed by atoms with Gasteiger partial charge in [-0.2, -0.15) is 0 Å². The Morgan fingerprint density at radius 2 is 1.93 bits per heavy atom. The number of nitrogens with zero attached hydrogens (tertiary/aromatic N) is 4. The van der Waals surface area contributed by atoms with Crippen molar-refractivity contribution in [2.45, 2.75) is 18.9 Å². The van der Waals surface area contributed by atoms with E-state index in [0.717, 1.165) is 10.1 Å². The molecule has 1 aliphatic rings. The van der Waals surface area contributed by atoms with Gasteiger partial charge in [0, 0.05) is 11.8 Å². The van der Waals surface area contributed by atoms with Crippen molar-refractivity contribution < 1.29 is 20.1 Å². The van der Waals surface area contributed by atoms with E-state index in [0.29, 0.717) is 5.69 Å². The van der Waals surface area contributed by atoms with Crippen LogP contribution in [-0.4, -0.2) is 52.6 Å². The zero-order valence-electron chi connectivity index (χ0n) is 15.0. The predicted octanol–water partition coefficient (Wildman–Crippen LogP) is -0.505. The van der Waals surface area contributed by atoms with Crippen LogP contribution in [0.15, 0.2) is 63.8 Å². The lowest BCUT2D eigenvalue weighted by Gasteiger charge is -2.18. The van der Waals surface area contributed by atoms with Crippen LogP contribution in [0.5, 0.6) is 0 Å². The van der Waals surface area contributed by atoms with E-state index >= 15 is 0 Å². The highest BCUT2D eigenvalue weighted by atomic mass is 16.5. The molecule has 0 amide bonds. The summed E-state index contributed by atoms with van der Waals surface area (Å²) in [5.74, 6) is -0.813. The van der Waals surface area contributed by atoms with Gasteiger partial charge in [0.1, 0.15) is 12.3 Å². The zero-order valence-corrected chi connectivity index (χ0v) is 15.0. The van der Waals surface area contributed by atoms with Crippen molar-refractivity contribution in [2.24, 2.45) is 0 Å².